The second kappa shape index (κ2) is 9.80. The smallest absolute Gasteiger partial charge is 0.255 e. The van der Waals surface area contributed by atoms with Gasteiger partial charge in [-0.3, -0.25) is 9.59 Å². The van der Waals surface area contributed by atoms with Crippen LogP contribution in [0.25, 0.3) is 0 Å². The first kappa shape index (κ1) is 21.2. The molecule has 0 bridgehead atoms. The third-order valence-corrected chi connectivity index (χ3v) is 4.89. The largest absolute Gasteiger partial charge is 0.352 e. The van der Waals surface area contributed by atoms with Gasteiger partial charge in [0.05, 0.1) is 5.92 Å². The second-order valence-corrected chi connectivity index (χ2v) is 7.04. The Balaban J connectivity index is 1.55. The van der Waals surface area contributed by atoms with Crippen LogP contribution in [-0.2, 0) is 17.9 Å². The van der Waals surface area contributed by atoms with Gasteiger partial charge in [0.2, 0.25) is 5.91 Å². The van der Waals surface area contributed by atoms with E-state index in [-0.39, 0.29) is 17.7 Å². The van der Waals surface area contributed by atoms with Crippen molar-refractivity contribution in [3.8, 4) is 0 Å². The Morgan fingerprint density at radius 2 is 1.50 bits per heavy atom. The molecule has 4 N–H and O–H groups in total. The predicted octanol–water partition coefficient (Wildman–Crippen LogP) is 3.96. The molecule has 0 saturated heterocycles. The number of hydrogen-bond acceptors (Lipinski definition) is 3. The summed E-state index contributed by atoms with van der Waals surface area (Å²) in [6.45, 7) is 2.77. The second-order valence-electron chi connectivity index (χ2n) is 7.04. The molecule has 0 spiro atoms. The molecule has 3 rings (SSSR count). The monoisotopic (exact) mass is 405 g/mol. The molecule has 154 valence electrons. The summed E-state index contributed by atoms with van der Waals surface area (Å²) < 4.78 is 13.0. The number of halogens is 1. The SMILES string of the molecule is CC(C(=O)NCc1ccc(CN)cc1)c1ccc(NC(=O)c2ccc(F)cc2)cc1. The summed E-state index contributed by atoms with van der Waals surface area (Å²) in [5, 5.41) is 5.70. The molecule has 2 amide bonds. The summed E-state index contributed by atoms with van der Waals surface area (Å²) in [6.07, 6.45) is 0. The van der Waals surface area contributed by atoms with Crippen LogP contribution < -0.4 is 16.4 Å². The summed E-state index contributed by atoms with van der Waals surface area (Å²) in [4.78, 5) is 24.7. The van der Waals surface area contributed by atoms with Gasteiger partial charge in [-0.1, -0.05) is 36.4 Å². The Bertz CT molecular complexity index is 1000. The minimum Gasteiger partial charge on any atom is -0.352 e. The van der Waals surface area contributed by atoms with Crippen molar-refractivity contribution in [2.24, 2.45) is 5.73 Å². The van der Waals surface area contributed by atoms with E-state index in [0.29, 0.717) is 24.3 Å². The molecule has 0 aromatic heterocycles. The fraction of sp³-hybridized carbons (Fsp3) is 0.167. The first-order valence-corrected chi connectivity index (χ1v) is 9.68. The van der Waals surface area contributed by atoms with Crippen LogP contribution in [0.1, 0.15) is 39.9 Å². The maximum Gasteiger partial charge on any atom is 0.255 e. The average molecular weight is 405 g/mol. The number of benzene rings is 3. The Labute approximate surface area is 175 Å². The molecule has 0 fully saturated rings. The highest BCUT2D eigenvalue weighted by Crippen LogP contribution is 2.19. The standard InChI is InChI=1S/C24H24FN3O2/c1-16(23(29)27-15-18-4-2-17(14-26)3-5-18)19-8-12-22(13-9-19)28-24(30)20-6-10-21(25)11-7-20/h2-13,16H,14-15,26H2,1H3,(H,27,29)(H,28,30). The highest BCUT2D eigenvalue weighted by atomic mass is 19.1. The molecule has 0 heterocycles. The van der Waals surface area contributed by atoms with Gasteiger partial charge >= 0.3 is 0 Å². The molecule has 3 aromatic carbocycles. The van der Waals surface area contributed by atoms with Gasteiger partial charge in [0.25, 0.3) is 5.91 Å². The Hall–Kier alpha value is -3.51. The highest BCUT2D eigenvalue weighted by molar-refractivity contribution is 6.04. The lowest BCUT2D eigenvalue weighted by atomic mass is 10.00. The fourth-order valence-electron chi connectivity index (χ4n) is 2.95. The van der Waals surface area contributed by atoms with E-state index < -0.39 is 5.82 Å². The number of nitrogens with two attached hydrogens (primary N) is 1. The maximum absolute atomic E-state index is 13.0. The zero-order chi connectivity index (χ0) is 21.5. The Morgan fingerprint density at radius 1 is 0.900 bits per heavy atom. The van der Waals surface area contributed by atoms with E-state index in [1.54, 1.807) is 24.3 Å². The van der Waals surface area contributed by atoms with Gasteiger partial charge in [-0.15, -0.1) is 0 Å². The van der Waals surface area contributed by atoms with E-state index in [0.717, 1.165) is 16.7 Å². The summed E-state index contributed by atoms with van der Waals surface area (Å²) in [5.74, 6) is -1.14. The lowest BCUT2D eigenvalue weighted by Gasteiger charge is -2.14. The lowest BCUT2D eigenvalue weighted by Crippen LogP contribution is -2.27. The first-order valence-electron chi connectivity index (χ1n) is 9.68. The quantitative estimate of drug-likeness (QED) is 0.556. The molecule has 1 unspecified atom stereocenters. The predicted molar refractivity (Wildman–Crippen MR) is 115 cm³/mol. The van der Waals surface area contributed by atoms with Crippen LogP contribution in [0, 0.1) is 5.82 Å². The topological polar surface area (TPSA) is 84.2 Å². The van der Waals surface area contributed by atoms with Crippen molar-refractivity contribution in [1.82, 2.24) is 5.32 Å². The van der Waals surface area contributed by atoms with E-state index >= 15 is 0 Å². The molecule has 6 heteroatoms. The molecule has 1 atom stereocenters. The van der Waals surface area contributed by atoms with Crippen molar-refractivity contribution in [2.75, 3.05) is 5.32 Å². The number of carbonyl (C=O) groups is 2. The molecule has 0 aliphatic rings. The van der Waals surface area contributed by atoms with Crippen molar-refractivity contribution in [3.05, 3.63) is 101 Å². The molecule has 0 radical (unpaired) electrons. The van der Waals surface area contributed by atoms with Gasteiger partial charge in [0, 0.05) is 24.3 Å². The average Bonchev–Trinajstić information content (AvgIpc) is 2.78. The van der Waals surface area contributed by atoms with E-state index in [9.17, 15) is 14.0 Å². The normalized spacial score (nSPS) is 11.6. The first-order chi connectivity index (χ1) is 14.5. The van der Waals surface area contributed by atoms with Gasteiger partial charge in [0.15, 0.2) is 0 Å². The molecule has 5 nitrogen and oxygen atoms in total. The van der Waals surface area contributed by atoms with E-state index in [2.05, 4.69) is 10.6 Å². The van der Waals surface area contributed by atoms with E-state index in [1.807, 2.05) is 31.2 Å². The van der Waals surface area contributed by atoms with Crippen molar-refractivity contribution < 1.29 is 14.0 Å². The number of hydrogen-bond donors (Lipinski definition) is 3. The van der Waals surface area contributed by atoms with Crippen LogP contribution in [-0.4, -0.2) is 11.8 Å². The van der Waals surface area contributed by atoms with Gasteiger partial charge in [-0.25, -0.2) is 4.39 Å². The molecule has 30 heavy (non-hydrogen) atoms. The van der Waals surface area contributed by atoms with Gasteiger partial charge in [0.1, 0.15) is 5.82 Å². The lowest BCUT2D eigenvalue weighted by molar-refractivity contribution is -0.122. The van der Waals surface area contributed by atoms with Gasteiger partial charge in [-0.2, -0.15) is 0 Å². The number of carbonyl (C=O) groups excluding carboxylic acids is 2. The molecule has 0 aliphatic carbocycles. The maximum atomic E-state index is 13.0. The Morgan fingerprint density at radius 3 is 2.10 bits per heavy atom. The molecule has 3 aromatic rings. The minimum atomic E-state index is -0.393. The number of amides is 2. The van der Waals surface area contributed by atoms with Crippen molar-refractivity contribution in [2.45, 2.75) is 25.9 Å². The third kappa shape index (κ3) is 5.52. The van der Waals surface area contributed by atoms with E-state index in [4.69, 9.17) is 5.73 Å². The zero-order valence-electron chi connectivity index (χ0n) is 16.7. The highest BCUT2D eigenvalue weighted by Gasteiger charge is 2.15. The fourth-order valence-corrected chi connectivity index (χ4v) is 2.95. The summed E-state index contributed by atoms with van der Waals surface area (Å²) >= 11 is 0. The zero-order valence-corrected chi connectivity index (χ0v) is 16.7. The minimum absolute atomic E-state index is 0.0824. The van der Waals surface area contributed by atoms with Crippen molar-refractivity contribution in [1.29, 1.82) is 0 Å². The van der Waals surface area contributed by atoms with Crippen LogP contribution in [0.4, 0.5) is 10.1 Å². The van der Waals surface area contributed by atoms with Crippen molar-refractivity contribution in [3.63, 3.8) is 0 Å². The Kier molecular flexibility index (Phi) is 6.93. The van der Waals surface area contributed by atoms with E-state index in [1.165, 1.54) is 24.3 Å². The van der Waals surface area contributed by atoms with Gasteiger partial charge in [-0.05, 0) is 60.0 Å². The van der Waals surface area contributed by atoms with Crippen LogP contribution in [0.5, 0.6) is 0 Å². The summed E-state index contributed by atoms with van der Waals surface area (Å²) in [6, 6.07) is 20.2. The number of nitrogens with one attached hydrogen (secondary N) is 2. The molecule has 0 saturated carbocycles. The summed E-state index contributed by atoms with van der Waals surface area (Å²) in [7, 11) is 0. The number of anilines is 1. The van der Waals surface area contributed by atoms with Crippen LogP contribution in [0.15, 0.2) is 72.8 Å². The number of rotatable bonds is 7. The van der Waals surface area contributed by atoms with Crippen LogP contribution >= 0.6 is 0 Å². The van der Waals surface area contributed by atoms with Crippen LogP contribution in [0.3, 0.4) is 0 Å². The summed E-state index contributed by atoms with van der Waals surface area (Å²) in [5.41, 5.74) is 9.45. The van der Waals surface area contributed by atoms with Crippen LogP contribution in [0.2, 0.25) is 0 Å². The van der Waals surface area contributed by atoms with Gasteiger partial charge < -0.3 is 16.4 Å². The molecular weight excluding hydrogens is 381 g/mol. The third-order valence-electron chi connectivity index (χ3n) is 4.89. The molecular formula is C24H24FN3O2. The molecule has 0 aliphatic heterocycles. The van der Waals surface area contributed by atoms with Crippen molar-refractivity contribution >= 4 is 17.5 Å².